The van der Waals surface area contributed by atoms with Gasteiger partial charge in [0, 0.05) is 23.4 Å². The summed E-state index contributed by atoms with van der Waals surface area (Å²) in [5.41, 5.74) is 5.84. The minimum absolute atomic E-state index is 0.116. The number of nitrogens with zero attached hydrogens (tertiary/aromatic N) is 1. The number of amides is 1. The summed E-state index contributed by atoms with van der Waals surface area (Å²) in [6.07, 6.45) is 0.842. The summed E-state index contributed by atoms with van der Waals surface area (Å²) in [5, 5.41) is 0. The Kier molecular flexibility index (Phi) is 4.36. The van der Waals surface area contributed by atoms with Crippen molar-refractivity contribution in [1.29, 1.82) is 0 Å². The molecule has 0 atom stereocenters. The summed E-state index contributed by atoms with van der Waals surface area (Å²) in [5.74, 6) is -0.234. The third kappa shape index (κ3) is 3.06. The molecular weight excluding hydrogens is 334 g/mol. The van der Waals surface area contributed by atoms with Crippen LogP contribution in [0.2, 0.25) is 0 Å². The zero-order chi connectivity index (χ0) is 19.0. The van der Waals surface area contributed by atoms with Crippen molar-refractivity contribution in [1.82, 2.24) is 0 Å². The topological polar surface area (TPSA) is 37.4 Å². The average molecular weight is 355 g/mol. The van der Waals surface area contributed by atoms with Crippen LogP contribution in [0.1, 0.15) is 43.0 Å². The molecule has 1 aliphatic rings. The van der Waals surface area contributed by atoms with Gasteiger partial charge in [-0.1, -0.05) is 48.5 Å². The molecule has 0 radical (unpaired) electrons. The molecular formula is C24H21NO2. The van der Waals surface area contributed by atoms with E-state index in [1.807, 2.05) is 62.4 Å². The standard InChI is InChI=1S/C24H21NO2/c1-16-11-12-19(15-17(16)2)23(26)20-8-4-5-9-21(20)24(27)25-14-13-18-7-3-6-10-22(18)25/h3-12,15H,13-14H2,1-2H3. The van der Waals surface area contributed by atoms with Gasteiger partial charge in [0.1, 0.15) is 0 Å². The number of ketones is 1. The van der Waals surface area contributed by atoms with Gasteiger partial charge in [-0.2, -0.15) is 0 Å². The van der Waals surface area contributed by atoms with E-state index in [1.54, 1.807) is 17.0 Å². The summed E-state index contributed by atoms with van der Waals surface area (Å²) >= 11 is 0. The van der Waals surface area contributed by atoms with E-state index in [2.05, 4.69) is 6.07 Å². The Morgan fingerprint density at radius 1 is 0.815 bits per heavy atom. The van der Waals surface area contributed by atoms with Crippen LogP contribution in [0.5, 0.6) is 0 Å². The fourth-order valence-electron chi connectivity index (χ4n) is 3.60. The Balaban J connectivity index is 1.72. The number of hydrogen-bond acceptors (Lipinski definition) is 2. The quantitative estimate of drug-likeness (QED) is 0.637. The molecule has 3 nitrogen and oxygen atoms in total. The lowest BCUT2D eigenvalue weighted by Crippen LogP contribution is -2.30. The van der Waals surface area contributed by atoms with E-state index in [1.165, 1.54) is 5.56 Å². The Hall–Kier alpha value is -3.20. The molecule has 0 fully saturated rings. The van der Waals surface area contributed by atoms with Crippen LogP contribution >= 0.6 is 0 Å². The second-order valence-corrected chi connectivity index (χ2v) is 7.01. The van der Waals surface area contributed by atoms with Gasteiger partial charge in [-0.25, -0.2) is 0 Å². The first-order valence-corrected chi connectivity index (χ1v) is 9.17. The van der Waals surface area contributed by atoms with Crippen LogP contribution < -0.4 is 4.90 Å². The maximum absolute atomic E-state index is 13.3. The predicted molar refractivity (Wildman–Crippen MR) is 108 cm³/mol. The Morgan fingerprint density at radius 2 is 1.52 bits per heavy atom. The molecule has 0 aliphatic carbocycles. The molecule has 0 spiro atoms. The first-order chi connectivity index (χ1) is 13.1. The number of hydrogen-bond donors (Lipinski definition) is 0. The first-order valence-electron chi connectivity index (χ1n) is 9.17. The minimum Gasteiger partial charge on any atom is -0.308 e. The van der Waals surface area contributed by atoms with Crippen LogP contribution in [-0.2, 0) is 6.42 Å². The molecule has 3 aromatic carbocycles. The zero-order valence-corrected chi connectivity index (χ0v) is 15.5. The Labute approximate surface area is 159 Å². The first kappa shape index (κ1) is 17.2. The van der Waals surface area contributed by atoms with Crippen molar-refractivity contribution in [2.24, 2.45) is 0 Å². The Morgan fingerprint density at radius 3 is 2.30 bits per heavy atom. The molecule has 134 valence electrons. The van der Waals surface area contributed by atoms with Gasteiger partial charge >= 0.3 is 0 Å². The largest absolute Gasteiger partial charge is 0.308 e. The van der Waals surface area contributed by atoms with Crippen molar-refractivity contribution in [3.05, 3.63) is 100 Å². The highest BCUT2D eigenvalue weighted by Gasteiger charge is 2.28. The van der Waals surface area contributed by atoms with Gasteiger partial charge in [0.05, 0.1) is 5.56 Å². The van der Waals surface area contributed by atoms with Crippen LogP contribution in [0.15, 0.2) is 66.7 Å². The molecule has 0 bridgehead atoms. The lowest BCUT2D eigenvalue weighted by atomic mass is 9.95. The number of rotatable bonds is 3. The average Bonchev–Trinajstić information content (AvgIpc) is 3.13. The van der Waals surface area contributed by atoms with Crippen LogP contribution in [0.25, 0.3) is 0 Å². The van der Waals surface area contributed by atoms with E-state index in [0.29, 0.717) is 23.2 Å². The van der Waals surface area contributed by atoms with Crippen molar-refractivity contribution < 1.29 is 9.59 Å². The van der Waals surface area contributed by atoms with Crippen LogP contribution in [0.3, 0.4) is 0 Å². The van der Waals surface area contributed by atoms with Gasteiger partial charge in [-0.3, -0.25) is 9.59 Å². The number of carbonyl (C=O) groups excluding carboxylic acids is 2. The smallest absolute Gasteiger partial charge is 0.259 e. The van der Waals surface area contributed by atoms with Crippen molar-refractivity contribution in [2.75, 3.05) is 11.4 Å². The summed E-state index contributed by atoms with van der Waals surface area (Å²) in [6.45, 7) is 4.65. The predicted octanol–water partition coefficient (Wildman–Crippen LogP) is 4.74. The molecule has 1 amide bonds. The molecule has 0 saturated carbocycles. The minimum atomic E-state index is -0.118. The van der Waals surface area contributed by atoms with E-state index in [0.717, 1.165) is 23.2 Å². The number of carbonyl (C=O) groups is 2. The van der Waals surface area contributed by atoms with Crippen LogP contribution in [-0.4, -0.2) is 18.2 Å². The highest BCUT2D eigenvalue weighted by atomic mass is 16.2. The zero-order valence-electron chi connectivity index (χ0n) is 15.5. The van der Waals surface area contributed by atoms with Crippen LogP contribution in [0, 0.1) is 13.8 Å². The second kappa shape index (κ2) is 6.84. The van der Waals surface area contributed by atoms with Gasteiger partial charge in [0.15, 0.2) is 5.78 Å². The lowest BCUT2D eigenvalue weighted by molar-refractivity contribution is 0.0973. The third-order valence-electron chi connectivity index (χ3n) is 5.30. The van der Waals surface area contributed by atoms with Gasteiger partial charge in [0.2, 0.25) is 0 Å². The van der Waals surface area contributed by atoms with Gasteiger partial charge < -0.3 is 4.90 Å². The van der Waals surface area contributed by atoms with Gasteiger partial charge in [0.25, 0.3) is 5.91 Å². The molecule has 0 saturated heterocycles. The molecule has 27 heavy (non-hydrogen) atoms. The van der Waals surface area contributed by atoms with Crippen molar-refractivity contribution in [3.8, 4) is 0 Å². The summed E-state index contributed by atoms with van der Waals surface area (Å²) in [7, 11) is 0. The van der Waals surface area contributed by atoms with E-state index < -0.39 is 0 Å². The molecule has 0 aromatic heterocycles. The number of para-hydroxylation sites is 1. The summed E-state index contributed by atoms with van der Waals surface area (Å²) in [4.78, 5) is 28.2. The van der Waals surface area contributed by atoms with Gasteiger partial charge in [-0.15, -0.1) is 0 Å². The summed E-state index contributed by atoms with van der Waals surface area (Å²) in [6, 6.07) is 20.7. The maximum Gasteiger partial charge on any atom is 0.259 e. The Bertz CT molecular complexity index is 1050. The van der Waals surface area contributed by atoms with E-state index in [9.17, 15) is 9.59 Å². The highest BCUT2D eigenvalue weighted by Crippen LogP contribution is 2.30. The van der Waals surface area contributed by atoms with Crippen molar-refractivity contribution in [2.45, 2.75) is 20.3 Å². The fourth-order valence-corrected chi connectivity index (χ4v) is 3.60. The molecule has 3 heteroatoms. The molecule has 3 aromatic rings. The van der Waals surface area contributed by atoms with E-state index in [-0.39, 0.29) is 11.7 Å². The number of fused-ring (bicyclic) bond motifs is 1. The second-order valence-electron chi connectivity index (χ2n) is 7.01. The lowest BCUT2D eigenvalue weighted by Gasteiger charge is -2.19. The maximum atomic E-state index is 13.3. The fraction of sp³-hybridized carbons (Fsp3) is 0.167. The van der Waals surface area contributed by atoms with E-state index >= 15 is 0 Å². The highest BCUT2D eigenvalue weighted by molar-refractivity contribution is 6.18. The van der Waals surface area contributed by atoms with Crippen molar-refractivity contribution >= 4 is 17.4 Å². The van der Waals surface area contributed by atoms with E-state index in [4.69, 9.17) is 0 Å². The van der Waals surface area contributed by atoms with Crippen LogP contribution in [0.4, 0.5) is 5.69 Å². The number of anilines is 1. The number of benzene rings is 3. The monoisotopic (exact) mass is 355 g/mol. The van der Waals surface area contributed by atoms with Gasteiger partial charge in [-0.05, 0) is 55.2 Å². The third-order valence-corrected chi connectivity index (χ3v) is 5.30. The normalized spacial score (nSPS) is 12.7. The summed E-state index contributed by atoms with van der Waals surface area (Å²) < 4.78 is 0. The van der Waals surface area contributed by atoms with Crippen molar-refractivity contribution in [3.63, 3.8) is 0 Å². The number of aryl methyl sites for hydroxylation is 2. The molecule has 4 rings (SSSR count). The molecule has 1 aliphatic heterocycles. The molecule has 0 unspecified atom stereocenters. The molecule has 1 heterocycles. The SMILES string of the molecule is Cc1ccc(C(=O)c2ccccc2C(=O)N2CCc3ccccc32)cc1C. The molecule has 0 N–H and O–H groups in total.